The summed E-state index contributed by atoms with van der Waals surface area (Å²) >= 11 is 1.50. The first-order valence-corrected chi connectivity index (χ1v) is 7.32. The van der Waals surface area contributed by atoms with Gasteiger partial charge in [0.15, 0.2) is 0 Å². The van der Waals surface area contributed by atoms with Crippen LogP contribution in [0.25, 0.3) is 10.9 Å². The first kappa shape index (κ1) is 14.6. The van der Waals surface area contributed by atoms with Crippen LogP contribution in [-0.2, 0) is 0 Å². The second-order valence-electron chi connectivity index (χ2n) is 4.52. The summed E-state index contributed by atoms with van der Waals surface area (Å²) in [5.41, 5.74) is 1.36. The van der Waals surface area contributed by atoms with Gasteiger partial charge in [0.1, 0.15) is 12.4 Å². The molecule has 0 saturated heterocycles. The molecule has 0 unspecified atom stereocenters. The van der Waals surface area contributed by atoms with Crippen LogP contribution in [0.4, 0.5) is 30.6 Å². The molecule has 3 aromatic rings. The fourth-order valence-electron chi connectivity index (χ4n) is 1.92. The maximum Gasteiger partial charge on any atom is 0.405 e. The molecule has 8 heteroatoms. The van der Waals surface area contributed by atoms with E-state index in [1.807, 2.05) is 16.8 Å². The summed E-state index contributed by atoms with van der Waals surface area (Å²) in [6.07, 6.45) is -4.31. The number of fused-ring (bicyclic) bond motifs is 1. The predicted octanol–water partition coefficient (Wildman–Crippen LogP) is 4.41. The number of hydrogen-bond acceptors (Lipinski definition) is 5. The maximum absolute atomic E-state index is 12.4. The van der Waals surface area contributed by atoms with Crippen LogP contribution in [0.5, 0.6) is 0 Å². The summed E-state index contributed by atoms with van der Waals surface area (Å²) in [5.74, 6) is 0.405. The van der Waals surface area contributed by atoms with Crippen molar-refractivity contribution in [3.63, 3.8) is 0 Å². The molecule has 0 saturated carbocycles. The van der Waals surface area contributed by atoms with Crippen LogP contribution < -0.4 is 10.6 Å². The fourth-order valence-corrected chi connectivity index (χ4v) is 2.50. The normalized spacial score (nSPS) is 11.6. The minimum Gasteiger partial charge on any atom is -0.360 e. The summed E-state index contributed by atoms with van der Waals surface area (Å²) in [6.45, 7) is -1.15. The number of hydrogen-bond donors (Lipinski definition) is 2. The highest BCUT2D eigenvalue weighted by Gasteiger charge is 2.27. The van der Waals surface area contributed by atoms with E-state index in [9.17, 15) is 13.2 Å². The van der Waals surface area contributed by atoms with E-state index in [0.29, 0.717) is 10.9 Å². The van der Waals surface area contributed by atoms with Crippen LogP contribution in [-0.4, -0.2) is 22.7 Å². The van der Waals surface area contributed by atoms with Gasteiger partial charge in [-0.05, 0) is 23.6 Å². The Hall–Kier alpha value is -2.35. The third kappa shape index (κ3) is 3.45. The molecule has 3 rings (SSSR count). The Labute approximate surface area is 128 Å². The Balaban J connectivity index is 1.96. The van der Waals surface area contributed by atoms with Crippen molar-refractivity contribution in [1.82, 2.24) is 9.97 Å². The lowest BCUT2D eigenvalue weighted by Crippen LogP contribution is -2.22. The molecule has 0 aliphatic heterocycles. The van der Waals surface area contributed by atoms with Crippen LogP contribution in [0.2, 0.25) is 0 Å². The molecule has 0 radical (unpaired) electrons. The second-order valence-corrected chi connectivity index (χ2v) is 5.30. The van der Waals surface area contributed by atoms with Gasteiger partial charge >= 0.3 is 6.18 Å². The monoisotopic (exact) mass is 324 g/mol. The molecule has 1 aromatic carbocycles. The summed E-state index contributed by atoms with van der Waals surface area (Å²) < 4.78 is 37.3. The highest BCUT2D eigenvalue weighted by Crippen LogP contribution is 2.25. The van der Waals surface area contributed by atoms with Crippen LogP contribution in [0, 0.1) is 0 Å². The van der Waals surface area contributed by atoms with Gasteiger partial charge in [-0.1, -0.05) is 12.1 Å². The number of nitrogens with one attached hydrogen (secondary N) is 2. The number of thiophene rings is 1. The average molecular weight is 324 g/mol. The molecule has 22 heavy (non-hydrogen) atoms. The van der Waals surface area contributed by atoms with Crippen LogP contribution in [0.3, 0.4) is 0 Å². The lowest BCUT2D eigenvalue weighted by Gasteiger charge is -2.12. The number of alkyl halides is 3. The van der Waals surface area contributed by atoms with Crippen molar-refractivity contribution in [3.8, 4) is 0 Å². The van der Waals surface area contributed by atoms with Gasteiger partial charge in [-0.3, -0.25) is 0 Å². The van der Waals surface area contributed by atoms with E-state index < -0.39 is 12.7 Å². The van der Waals surface area contributed by atoms with E-state index in [0.717, 1.165) is 5.69 Å². The smallest absolute Gasteiger partial charge is 0.360 e. The molecule has 0 atom stereocenters. The quantitative estimate of drug-likeness (QED) is 0.746. The Kier molecular flexibility index (Phi) is 3.84. The number of nitrogens with zero attached hydrogens (tertiary/aromatic N) is 2. The molecule has 0 amide bonds. The van der Waals surface area contributed by atoms with E-state index in [-0.39, 0.29) is 11.8 Å². The molecular weight excluding hydrogens is 313 g/mol. The molecule has 4 nitrogen and oxygen atoms in total. The first-order valence-electron chi connectivity index (χ1n) is 6.38. The zero-order chi connectivity index (χ0) is 15.6. The van der Waals surface area contributed by atoms with Crippen molar-refractivity contribution in [2.24, 2.45) is 0 Å². The number of anilines is 3. The zero-order valence-electron chi connectivity index (χ0n) is 11.2. The van der Waals surface area contributed by atoms with Crippen LogP contribution in [0.1, 0.15) is 0 Å². The van der Waals surface area contributed by atoms with Crippen molar-refractivity contribution >= 4 is 39.7 Å². The third-order valence-corrected chi connectivity index (χ3v) is 3.52. The molecule has 2 aromatic heterocycles. The minimum atomic E-state index is -4.31. The van der Waals surface area contributed by atoms with E-state index in [2.05, 4.69) is 20.6 Å². The topological polar surface area (TPSA) is 49.8 Å². The fraction of sp³-hybridized carbons (Fsp3) is 0.143. The number of aromatic nitrogens is 2. The second kappa shape index (κ2) is 5.80. The van der Waals surface area contributed by atoms with Crippen LogP contribution >= 0.6 is 11.3 Å². The molecule has 0 aliphatic carbocycles. The number of halogens is 3. The van der Waals surface area contributed by atoms with E-state index >= 15 is 0 Å². The molecule has 114 valence electrons. The predicted molar refractivity (Wildman–Crippen MR) is 81.7 cm³/mol. The van der Waals surface area contributed by atoms with Gasteiger partial charge in [-0.25, -0.2) is 4.98 Å². The summed E-state index contributed by atoms with van der Waals surface area (Å²) in [5, 5.41) is 9.60. The average Bonchev–Trinajstić information content (AvgIpc) is 2.97. The van der Waals surface area contributed by atoms with E-state index in [4.69, 9.17) is 0 Å². The van der Waals surface area contributed by atoms with Gasteiger partial charge in [0.05, 0.1) is 11.2 Å². The van der Waals surface area contributed by atoms with Crippen molar-refractivity contribution in [2.75, 3.05) is 17.2 Å². The molecule has 0 spiro atoms. The number of rotatable bonds is 4. The van der Waals surface area contributed by atoms with Gasteiger partial charge in [0.2, 0.25) is 5.95 Å². The van der Waals surface area contributed by atoms with Gasteiger partial charge in [-0.15, -0.1) is 0 Å². The molecular formula is C14H11F3N4S. The Bertz CT molecular complexity index is 771. The first-order chi connectivity index (χ1) is 10.5. The van der Waals surface area contributed by atoms with E-state index in [1.165, 1.54) is 11.3 Å². The summed E-state index contributed by atoms with van der Waals surface area (Å²) in [6, 6.07) is 8.76. The molecule has 2 heterocycles. The molecule has 0 aliphatic rings. The van der Waals surface area contributed by atoms with E-state index in [1.54, 1.807) is 24.3 Å². The molecule has 2 N–H and O–H groups in total. The zero-order valence-corrected chi connectivity index (χ0v) is 12.0. The Morgan fingerprint density at radius 2 is 1.91 bits per heavy atom. The van der Waals surface area contributed by atoms with Gasteiger partial charge in [0, 0.05) is 10.8 Å². The van der Waals surface area contributed by atoms with Crippen molar-refractivity contribution in [3.05, 3.63) is 41.1 Å². The standard InChI is InChI=1S/C14H11F3N4S/c15-14(16,17)8-18-12-10-3-1-2-4-11(10)20-13(21-12)19-9-5-6-22-7-9/h1-7H,8H2,(H2,18,19,20,21). The maximum atomic E-state index is 12.4. The number of para-hydroxylation sites is 1. The van der Waals surface area contributed by atoms with Crippen molar-refractivity contribution < 1.29 is 13.2 Å². The third-order valence-electron chi connectivity index (χ3n) is 2.84. The molecule has 0 bridgehead atoms. The van der Waals surface area contributed by atoms with Crippen LogP contribution in [0.15, 0.2) is 41.1 Å². The summed E-state index contributed by atoms with van der Waals surface area (Å²) in [4.78, 5) is 8.47. The van der Waals surface area contributed by atoms with Crippen molar-refractivity contribution in [1.29, 1.82) is 0 Å². The van der Waals surface area contributed by atoms with Crippen molar-refractivity contribution in [2.45, 2.75) is 6.18 Å². The Morgan fingerprint density at radius 3 is 2.64 bits per heavy atom. The summed E-state index contributed by atoms with van der Waals surface area (Å²) in [7, 11) is 0. The highest BCUT2D eigenvalue weighted by atomic mass is 32.1. The minimum absolute atomic E-state index is 0.153. The Morgan fingerprint density at radius 1 is 1.09 bits per heavy atom. The molecule has 0 fully saturated rings. The van der Waals surface area contributed by atoms with Gasteiger partial charge in [-0.2, -0.15) is 29.5 Å². The SMILES string of the molecule is FC(F)(F)CNc1nc(Nc2ccsc2)nc2ccccc12. The number of benzene rings is 1. The highest BCUT2D eigenvalue weighted by molar-refractivity contribution is 7.08. The van der Waals surface area contributed by atoms with Gasteiger partial charge in [0.25, 0.3) is 0 Å². The largest absolute Gasteiger partial charge is 0.405 e. The lowest BCUT2D eigenvalue weighted by atomic mass is 10.2. The van der Waals surface area contributed by atoms with Gasteiger partial charge < -0.3 is 10.6 Å². The lowest BCUT2D eigenvalue weighted by molar-refractivity contribution is -0.115.